The second-order valence-corrected chi connectivity index (χ2v) is 7.12. The van der Waals surface area contributed by atoms with Gasteiger partial charge in [-0.15, -0.1) is 0 Å². The molecule has 0 N–H and O–H groups in total. The first-order valence-corrected chi connectivity index (χ1v) is 9.35. The molecule has 0 heterocycles. The van der Waals surface area contributed by atoms with Crippen LogP contribution in [0.3, 0.4) is 0 Å². The maximum absolute atomic E-state index is 12.4. The number of ether oxygens (including phenoxy) is 2. The van der Waals surface area contributed by atoms with Crippen LogP contribution >= 0.6 is 0 Å². The van der Waals surface area contributed by atoms with Crippen molar-refractivity contribution in [3.8, 4) is 11.5 Å². The highest BCUT2D eigenvalue weighted by Crippen LogP contribution is 2.24. The minimum absolute atomic E-state index is 0.0838. The Morgan fingerprint density at radius 3 is 2.37 bits per heavy atom. The number of aldehydes is 1. The van der Waals surface area contributed by atoms with Crippen LogP contribution in [0.2, 0.25) is 0 Å². The summed E-state index contributed by atoms with van der Waals surface area (Å²) in [6.07, 6.45) is 6.73. The number of esters is 1. The highest BCUT2D eigenvalue weighted by molar-refractivity contribution is 7.87. The van der Waals surface area contributed by atoms with Crippen molar-refractivity contribution >= 4 is 22.4 Å². The zero-order valence-electron chi connectivity index (χ0n) is 14.3. The lowest BCUT2D eigenvalue weighted by Crippen LogP contribution is -2.25. The molecule has 8 heteroatoms. The molecule has 0 amide bonds. The number of benzene rings is 1. The Bertz CT molecular complexity index is 871. The van der Waals surface area contributed by atoms with E-state index in [1.165, 1.54) is 42.5 Å². The summed E-state index contributed by atoms with van der Waals surface area (Å²) in [7, 11) is -3.94. The molecule has 0 bridgehead atoms. The van der Waals surface area contributed by atoms with Crippen LogP contribution in [0.15, 0.2) is 73.6 Å². The normalized spacial score (nSPS) is 17.2. The molecule has 1 aromatic carbocycles. The van der Waals surface area contributed by atoms with E-state index in [4.69, 9.17) is 13.7 Å². The van der Waals surface area contributed by atoms with Gasteiger partial charge in [0.25, 0.3) is 0 Å². The fraction of sp³-hybridized carbons (Fsp3) is 0.158. The maximum atomic E-state index is 12.4. The predicted molar refractivity (Wildman–Crippen MR) is 98.6 cm³/mol. The van der Waals surface area contributed by atoms with Gasteiger partial charge in [-0.3, -0.25) is 4.79 Å². The average Bonchev–Trinajstić information content (AvgIpc) is 2.67. The molecule has 1 aliphatic rings. The van der Waals surface area contributed by atoms with Crippen LogP contribution in [-0.2, 0) is 24.4 Å². The van der Waals surface area contributed by atoms with Crippen molar-refractivity contribution in [2.75, 3.05) is 0 Å². The zero-order chi connectivity index (χ0) is 19.9. The van der Waals surface area contributed by atoms with Crippen LogP contribution in [0.1, 0.15) is 6.42 Å². The van der Waals surface area contributed by atoms with Gasteiger partial charge in [-0.2, -0.15) is 8.42 Å². The molecule has 2 rings (SSSR count). The standard InChI is InChI=1S/C19H18O7S/c1-3-14(13-20)24-15-9-11-18(12-10-15)27(22,23)26-17-7-5-16(6-8-17)25-19(21)4-2/h3-11,13-14,18H,1-2,12H2. The maximum Gasteiger partial charge on any atom is 0.335 e. The molecule has 0 aliphatic heterocycles. The molecule has 0 saturated carbocycles. The summed E-state index contributed by atoms with van der Waals surface area (Å²) in [4.78, 5) is 21.9. The first-order valence-electron chi connectivity index (χ1n) is 7.88. The third-order valence-electron chi connectivity index (χ3n) is 3.46. The first kappa shape index (κ1) is 20.2. The molecule has 1 aliphatic carbocycles. The summed E-state index contributed by atoms with van der Waals surface area (Å²) >= 11 is 0. The van der Waals surface area contributed by atoms with Gasteiger partial charge in [0.1, 0.15) is 22.5 Å². The lowest BCUT2D eigenvalue weighted by Gasteiger charge is -2.18. The smallest absolute Gasteiger partial charge is 0.335 e. The van der Waals surface area contributed by atoms with E-state index in [1.54, 1.807) is 6.08 Å². The van der Waals surface area contributed by atoms with Crippen LogP contribution in [-0.4, -0.2) is 32.0 Å². The minimum Gasteiger partial charge on any atom is -0.479 e. The van der Waals surface area contributed by atoms with Gasteiger partial charge in [-0.25, -0.2) is 4.79 Å². The van der Waals surface area contributed by atoms with Crippen molar-refractivity contribution in [1.29, 1.82) is 0 Å². The Morgan fingerprint density at radius 1 is 1.19 bits per heavy atom. The average molecular weight is 390 g/mol. The van der Waals surface area contributed by atoms with Crippen molar-refractivity contribution in [2.24, 2.45) is 0 Å². The first-order chi connectivity index (χ1) is 12.9. The molecule has 0 aromatic heterocycles. The third-order valence-corrected chi connectivity index (χ3v) is 4.97. The van der Waals surface area contributed by atoms with Crippen molar-refractivity contribution < 1.29 is 31.7 Å². The van der Waals surface area contributed by atoms with E-state index in [0.29, 0.717) is 12.0 Å². The second-order valence-electron chi connectivity index (χ2n) is 5.37. The number of carbonyl (C=O) groups is 2. The summed E-state index contributed by atoms with van der Waals surface area (Å²) in [5, 5.41) is -0.901. The lowest BCUT2D eigenvalue weighted by atomic mass is 10.1. The summed E-state index contributed by atoms with van der Waals surface area (Å²) in [5.74, 6) is 0.0768. The van der Waals surface area contributed by atoms with E-state index in [2.05, 4.69) is 13.2 Å². The Kier molecular flexibility index (Phi) is 6.73. The Balaban J connectivity index is 1.99. The van der Waals surface area contributed by atoms with Crippen molar-refractivity contribution in [1.82, 2.24) is 0 Å². The molecule has 0 saturated heterocycles. The van der Waals surface area contributed by atoms with Crippen molar-refractivity contribution in [3.63, 3.8) is 0 Å². The van der Waals surface area contributed by atoms with Crippen LogP contribution in [0, 0.1) is 0 Å². The summed E-state index contributed by atoms with van der Waals surface area (Å²) < 4.78 is 40.1. The number of allylic oxidation sites excluding steroid dienone is 2. The highest BCUT2D eigenvalue weighted by atomic mass is 32.2. The molecular weight excluding hydrogens is 372 g/mol. The highest BCUT2D eigenvalue weighted by Gasteiger charge is 2.27. The van der Waals surface area contributed by atoms with Crippen molar-refractivity contribution in [3.05, 3.63) is 73.6 Å². The summed E-state index contributed by atoms with van der Waals surface area (Å²) in [5.41, 5.74) is 0. The molecule has 2 unspecified atom stereocenters. The monoisotopic (exact) mass is 390 g/mol. The Hall–Kier alpha value is -3.13. The molecule has 0 radical (unpaired) electrons. The van der Waals surface area contributed by atoms with Gasteiger partial charge in [-0.1, -0.05) is 19.2 Å². The fourth-order valence-corrected chi connectivity index (χ4v) is 3.19. The van der Waals surface area contributed by atoms with Crippen LogP contribution in [0.5, 0.6) is 11.5 Å². The molecule has 0 fully saturated rings. The molecular formula is C19H18O7S. The van der Waals surface area contributed by atoms with Gasteiger partial charge >= 0.3 is 16.1 Å². The largest absolute Gasteiger partial charge is 0.479 e. The zero-order valence-corrected chi connectivity index (χ0v) is 15.1. The Morgan fingerprint density at radius 2 is 1.85 bits per heavy atom. The van der Waals surface area contributed by atoms with Crippen LogP contribution in [0.25, 0.3) is 0 Å². The van der Waals surface area contributed by atoms with E-state index in [0.717, 1.165) is 6.08 Å². The van der Waals surface area contributed by atoms with E-state index < -0.39 is 27.4 Å². The quantitative estimate of drug-likeness (QED) is 0.160. The Labute approximate surface area is 157 Å². The van der Waals surface area contributed by atoms with E-state index in [9.17, 15) is 18.0 Å². The molecule has 27 heavy (non-hydrogen) atoms. The van der Waals surface area contributed by atoms with Gasteiger partial charge in [0.05, 0.1) is 0 Å². The van der Waals surface area contributed by atoms with Gasteiger partial charge in [0, 0.05) is 6.08 Å². The number of carbonyl (C=O) groups excluding carboxylic acids is 2. The second kappa shape index (κ2) is 9.00. The number of rotatable bonds is 9. The SMILES string of the molecule is C=CC(=O)Oc1ccc(OS(=O)(=O)C2C=CC(OC(C=C)C=O)=CC2)cc1. The molecule has 1 aromatic rings. The van der Waals surface area contributed by atoms with Gasteiger partial charge < -0.3 is 13.7 Å². The van der Waals surface area contributed by atoms with Crippen LogP contribution in [0.4, 0.5) is 0 Å². The number of hydrogen-bond acceptors (Lipinski definition) is 7. The predicted octanol–water partition coefficient (Wildman–Crippen LogP) is 2.47. The van der Waals surface area contributed by atoms with Gasteiger partial charge in [0.15, 0.2) is 12.4 Å². The van der Waals surface area contributed by atoms with Gasteiger partial charge in [-0.05, 0) is 48.9 Å². The third kappa shape index (κ3) is 5.68. The minimum atomic E-state index is -3.94. The molecule has 142 valence electrons. The topological polar surface area (TPSA) is 96.0 Å². The van der Waals surface area contributed by atoms with Crippen molar-refractivity contribution in [2.45, 2.75) is 17.8 Å². The summed E-state index contributed by atoms with van der Waals surface area (Å²) in [6, 6.07) is 5.56. The van der Waals surface area contributed by atoms with E-state index in [-0.39, 0.29) is 17.9 Å². The molecule has 0 spiro atoms. The van der Waals surface area contributed by atoms with E-state index >= 15 is 0 Å². The fourth-order valence-electron chi connectivity index (χ4n) is 2.09. The molecule has 7 nitrogen and oxygen atoms in total. The van der Waals surface area contributed by atoms with Crippen LogP contribution < -0.4 is 8.92 Å². The molecule has 2 atom stereocenters. The lowest BCUT2D eigenvalue weighted by molar-refractivity contribution is -0.129. The number of hydrogen-bond donors (Lipinski definition) is 0. The van der Waals surface area contributed by atoms with Gasteiger partial charge in [0.2, 0.25) is 0 Å². The summed E-state index contributed by atoms with van der Waals surface area (Å²) in [6.45, 7) is 6.75. The van der Waals surface area contributed by atoms with E-state index in [1.807, 2.05) is 0 Å².